The summed E-state index contributed by atoms with van der Waals surface area (Å²) in [4.78, 5) is 61.5. The van der Waals surface area contributed by atoms with E-state index < -0.39 is 35.0 Å². The van der Waals surface area contributed by atoms with Crippen molar-refractivity contribution in [3.05, 3.63) is 105 Å². The first-order valence-electron chi connectivity index (χ1n) is 17.1. The lowest BCUT2D eigenvalue weighted by Crippen LogP contribution is -2.48. The summed E-state index contributed by atoms with van der Waals surface area (Å²) in [7, 11) is 1.72. The normalized spacial score (nSPS) is 26.9. The molecule has 0 bridgehead atoms. The van der Waals surface area contributed by atoms with Gasteiger partial charge in [-0.1, -0.05) is 51.3 Å². The first-order chi connectivity index (χ1) is 24.9. The van der Waals surface area contributed by atoms with Crippen molar-refractivity contribution < 1.29 is 24.3 Å². The van der Waals surface area contributed by atoms with E-state index in [0.717, 1.165) is 30.6 Å². The van der Waals surface area contributed by atoms with E-state index in [-0.39, 0.29) is 35.8 Å². The number of anilines is 2. The lowest BCUT2D eigenvalue weighted by atomic mass is 9.51. The van der Waals surface area contributed by atoms with E-state index in [9.17, 15) is 24.3 Å². The average molecular weight is 796 g/mol. The number of aromatic nitrogens is 2. The monoisotopic (exact) mass is 794 g/mol. The molecule has 4 aliphatic rings. The van der Waals surface area contributed by atoms with Crippen LogP contribution >= 0.6 is 38.9 Å². The van der Waals surface area contributed by atoms with Crippen LogP contribution in [0.5, 0.6) is 5.75 Å². The number of fused-ring (bicyclic) bond motifs is 5. The molecule has 1 N–H and O–H groups in total. The van der Waals surface area contributed by atoms with Gasteiger partial charge in [0.05, 0.1) is 33.7 Å². The van der Waals surface area contributed by atoms with Crippen LogP contribution in [0.1, 0.15) is 36.8 Å². The molecule has 0 unspecified atom stereocenters. The standard InChI is InChI=1S/C40H32BrClN4O5S/c1-19-27-16-22(42)9-14-31(27)52-35(19)30-18-32(44(3)43-30)46-37(49)29-17-28-25(34(40(29,2)39(46)51)20-5-4-6-24(47)15-20)12-13-26-33(28)38(50)45(36(26)48)23-10-7-21(41)8-11-23/h4-12,14-16,18,26,28-29,33-34,47H,13,17H2,1-3H3/t26-,28+,29-,33-,34-,40+/m0/s1. The van der Waals surface area contributed by atoms with Crippen molar-refractivity contribution in [3.8, 4) is 16.3 Å². The molecule has 12 heteroatoms. The Morgan fingerprint density at radius 1 is 0.942 bits per heavy atom. The van der Waals surface area contributed by atoms with E-state index in [1.54, 1.807) is 71.6 Å². The Bertz CT molecular complexity index is 2440. The molecule has 1 saturated carbocycles. The highest BCUT2D eigenvalue weighted by molar-refractivity contribution is 9.10. The number of phenols is 1. The summed E-state index contributed by atoms with van der Waals surface area (Å²) in [5.41, 5.74) is 2.44. The number of aryl methyl sites for hydroxylation is 2. The Morgan fingerprint density at radius 3 is 2.46 bits per heavy atom. The molecule has 9 nitrogen and oxygen atoms in total. The summed E-state index contributed by atoms with van der Waals surface area (Å²) in [6.07, 6.45) is 2.58. The first kappa shape index (κ1) is 33.3. The number of benzene rings is 3. The van der Waals surface area contributed by atoms with Crippen molar-refractivity contribution >= 4 is 84.1 Å². The maximum atomic E-state index is 15.0. The number of halogens is 2. The smallest absolute Gasteiger partial charge is 0.242 e. The number of phenolic OH excluding ortho intramolecular Hbond substituents is 1. The summed E-state index contributed by atoms with van der Waals surface area (Å²) in [6, 6.07) is 21.4. The zero-order chi connectivity index (χ0) is 36.4. The number of thiophene rings is 1. The lowest BCUT2D eigenvalue weighted by molar-refractivity contribution is -0.131. The summed E-state index contributed by atoms with van der Waals surface area (Å²) < 4.78 is 3.46. The number of carbonyl (C=O) groups is 4. The van der Waals surface area contributed by atoms with Gasteiger partial charge < -0.3 is 5.11 Å². The van der Waals surface area contributed by atoms with Gasteiger partial charge in [0.15, 0.2) is 0 Å². The van der Waals surface area contributed by atoms with Gasteiger partial charge in [-0.2, -0.15) is 5.10 Å². The summed E-state index contributed by atoms with van der Waals surface area (Å²) in [5.74, 6) is -4.06. The molecule has 6 atom stereocenters. The molecule has 3 aromatic carbocycles. The largest absolute Gasteiger partial charge is 0.508 e. The fourth-order valence-electron chi connectivity index (χ4n) is 9.38. The van der Waals surface area contributed by atoms with Crippen LogP contribution in [0.2, 0.25) is 5.02 Å². The van der Waals surface area contributed by atoms with Gasteiger partial charge in [0, 0.05) is 33.2 Å². The number of aromatic hydroxyl groups is 1. The van der Waals surface area contributed by atoms with Gasteiger partial charge >= 0.3 is 0 Å². The predicted molar refractivity (Wildman–Crippen MR) is 203 cm³/mol. The molecule has 4 heterocycles. The van der Waals surface area contributed by atoms with Crippen LogP contribution in [0.25, 0.3) is 20.7 Å². The van der Waals surface area contributed by atoms with Gasteiger partial charge in [-0.25, -0.2) is 4.90 Å². The first-order valence-corrected chi connectivity index (χ1v) is 19.1. The van der Waals surface area contributed by atoms with Crippen molar-refractivity contribution in [2.45, 2.75) is 32.6 Å². The van der Waals surface area contributed by atoms with Crippen molar-refractivity contribution in [2.24, 2.45) is 36.1 Å². The number of hydrogen-bond acceptors (Lipinski definition) is 7. The van der Waals surface area contributed by atoms with E-state index in [2.05, 4.69) is 15.9 Å². The second-order valence-electron chi connectivity index (χ2n) is 14.5. The minimum Gasteiger partial charge on any atom is -0.508 e. The number of hydrogen-bond donors (Lipinski definition) is 1. The highest BCUT2D eigenvalue weighted by Crippen LogP contribution is 2.64. The number of amides is 4. The molecule has 3 fully saturated rings. The molecule has 0 radical (unpaired) electrons. The fourth-order valence-corrected chi connectivity index (χ4v) is 11.0. The number of rotatable bonds is 4. The highest BCUT2D eigenvalue weighted by atomic mass is 79.9. The second kappa shape index (κ2) is 11.7. The van der Waals surface area contributed by atoms with Crippen molar-refractivity contribution in [1.82, 2.24) is 9.78 Å². The van der Waals surface area contributed by atoms with Crippen LogP contribution in [0.4, 0.5) is 11.5 Å². The molecule has 4 amide bonds. The summed E-state index contributed by atoms with van der Waals surface area (Å²) in [6.45, 7) is 3.85. The number of carbonyl (C=O) groups excluding carboxylic acids is 4. The Labute approximate surface area is 316 Å². The molecule has 262 valence electrons. The molecule has 2 aromatic heterocycles. The zero-order valence-corrected chi connectivity index (χ0v) is 31.5. The third-order valence-corrected chi connectivity index (χ3v) is 13.8. The van der Waals surface area contributed by atoms with Crippen LogP contribution in [-0.4, -0.2) is 38.5 Å². The summed E-state index contributed by atoms with van der Waals surface area (Å²) in [5, 5.41) is 17.1. The minimum absolute atomic E-state index is 0.0347. The molecule has 0 spiro atoms. The average Bonchev–Trinajstić information content (AvgIpc) is 3.79. The van der Waals surface area contributed by atoms with Gasteiger partial charge in [0.25, 0.3) is 0 Å². The van der Waals surface area contributed by atoms with E-state index in [1.807, 2.05) is 44.2 Å². The topological polar surface area (TPSA) is 113 Å². The fraction of sp³-hybridized carbons (Fsp3) is 0.275. The quantitative estimate of drug-likeness (QED) is 0.145. The van der Waals surface area contributed by atoms with Crippen LogP contribution in [0.15, 0.2) is 88.9 Å². The number of imide groups is 2. The number of allylic oxidation sites excluding steroid dienone is 2. The lowest BCUT2D eigenvalue weighted by Gasteiger charge is -2.49. The van der Waals surface area contributed by atoms with Crippen molar-refractivity contribution in [2.75, 3.05) is 9.80 Å². The highest BCUT2D eigenvalue weighted by Gasteiger charge is 2.68. The van der Waals surface area contributed by atoms with Crippen LogP contribution in [0, 0.1) is 36.0 Å². The van der Waals surface area contributed by atoms with E-state index in [4.69, 9.17) is 16.7 Å². The Hall–Kier alpha value is -4.58. The van der Waals surface area contributed by atoms with Crippen molar-refractivity contribution in [1.29, 1.82) is 0 Å². The molecular weight excluding hydrogens is 764 g/mol. The third kappa shape index (κ3) is 4.61. The summed E-state index contributed by atoms with van der Waals surface area (Å²) >= 11 is 11.3. The minimum atomic E-state index is -1.24. The van der Waals surface area contributed by atoms with Crippen molar-refractivity contribution in [3.63, 3.8) is 0 Å². The second-order valence-corrected chi connectivity index (χ2v) is 16.9. The molecular formula is C40H32BrClN4O5S. The van der Waals surface area contributed by atoms with E-state index in [1.165, 1.54) is 9.80 Å². The molecule has 5 aromatic rings. The van der Waals surface area contributed by atoms with Gasteiger partial charge in [-0.15, -0.1) is 11.3 Å². The maximum Gasteiger partial charge on any atom is 0.242 e. The van der Waals surface area contributed by atoms with Gasteiger partial charge in [-0.3, -0.25) is 28.8 Å². The molecule has 9 rings (SSSR count). The number of nitrogens with zero attached hydrogens (tertiary/aromatic N) is 4. The van der Waals surface area contributed by atoms with Gasteiger partial charge in [-0.05, 0) is 104 Å². The van der Waals surface area contributed by atoms with Gasteiger partial charge in [0.1, 0.15) is 17.3 Å². The molecule has 2 saturated heterocycles. The maximum absolute atomic E-state index is 15.0. The van der Waals surface area contributed by atoms with E-state index in [0.29, 0.717) is 34.2 Å². The molecule has 2 aliphatic heterocycles. The van der Waals surface area contributed by atoms with Crippen LogP contribution in [0.3, 0.4) is 0 Å². The third-order valence-electron chi connectivity index (χ3n) is 11.8. The van der Waals surface area contributed by atoms with Gasteiger partial charge in [0.2, 0.25) is 23.6 Å². The predicted octanol–water partition coefficient (Wildman–Crippen LogP) is 8.17. The zero-order valence-electron chi connectivity index (χ0n) is 28.3. The SMILES string of the molecule is Cc1c(-c2cc(N3C(=O)[C@@H]4C[C@@H]5C(=CC[C@@H]6C(=O)N(c7ccc(Br)cc7)C(=O)[C@@H]65)[C@H](c5cccc(O)c5)[C@]4(C)C3=O)n(C)n2)sc2ccc(Cl)cc12. The Balaban J connectivity index is 1.14. The molecule has 2 aliphatic carbocycles. The molecule has 52 heavy (non-hydrogen) atoms. The van der Waals surface area contributed by atoms with E-state index >= 15 is 0 Å². The van der Waals surface area contributed by atoms with Crippen LogP contribution in [-0.2, 0) is 26.2 Å². The Morgan fingerprint density at radius 2 is 1.71 bits per heavy atom. The van der Waals surface area contributed by atoms with Crippen LogP contribution < -0.4 is 9.80 Å². The Kier molecular flexibility index (Phi) is 7.49.